The van der Waals surface area contributed by atoms with Crippen molar-refractivity contribution in [3.05, 3.63) is 52.7 Å². The van der Waals surface area contributed by atoms with Crippen LogP contribution in [0.3, 0.4) is 0 Å². The molecule has 4 aromatic rings. The van der Waals surface area contributed by atoms with E-state index in [0.29, 0.717) is 17.5 Å². The molecule has 6 nitrogen and oxygen atoms in total. The normalized spacial score (nSPS) is 11.0. The van der Waals surface area contributed by atoms with Gasteiger partial charge in [-0.1, -0.05) is 40.4 Å². The second-order valence-corrected chi connectivity index (χ2v) is 8.73. The van der Waals surface area contributed by atoms with Gasteiger partial charge in [0.1, 0.15) is 0 Å². The number of aromatic nitrogens is 4. The molecule has 9 heteroatoms. The van der Waals surface area contributed by atoms with Crippen molar-refractivity contribution in [2.45, 2.75) is 23.9 Å². The zero-order chi connectivity index (χ0) is 17.9. The van der Waals surface area contributed by atoms with E-state index in [4.69, 9.17) is 4.52 Å². The van der Waals surface area contributed by atoms with Crippen LogP contribution < -0.4 is 5.32 Å². The van der Waals surface area contributed by atoms with E-state index < -0.39 is 0 Å². The van der Waals surface area contributed by atoms with Crippen LogP contribution in [0.4, 0.5) is 10.8 Å². The Hall–Kier alpha value is -2.23. The molecule has 26 heavy (non-hydrogen) atoms. The van der Waals surface area contributed by atoms with Gasteiger partial charge >= 0.3 is 0 Å². The lowest BCUT2D eigenvalue weighted by atomic mass is 10.1. The number of nitrogens with one attached hydrogen (secondary N) is 1. The highest BCUT2D eigenvalue weighted by Gasteiger charge is 2.12. The van der Waals surface area contributed by atoms with Gasteiger partial charge in [-0.05, 0) is 48.6 Å². The molecule has 0 amide bonds. The molecule has 0 radical (unpaired) electrons. The summed E-state index contributed by atoms with van der Waals surface area (Å²) in [6, 6.07) is 10.2. The molecule has 0 saturated heterocycles. The first-order valence-corrected chi connectivity index (χ1v) is 10.5. The highest BCUT2D eigenvalue weighted by molar-refractivity contribution is 8.00. The number of benzene rings is 1. The Labute approximate surface area is 162 Å². The van der Waals surface area contributed by atoms with Crippen LogP contribution in [0.1, 0.15) is 17.0 Å². The van der Waals surface area contributed by atoms with Crippen molar-refractivity contribution in [3.8, 4) is 10.8 Å². The summed E-state index contributed by atoms with van der Waals surface area (Å²) in [6.45, 7) is 4.19. The molecule has 3 aromatic heterocycles. The summed E-state index contributed by atoms with van der Waals surface area (Å²) >= 11 is 4.63. The van der Waals surface area contributed by atoms with Crippen LogP contribution in [0.5, 0.6) is 0 Å². The van der Waals surface area contributed by atoms with Gasteiger partial charge in [-0.15, -0.1) is 21.5 Å². The van der Waals surface area contributed by atoms with Crippen LogP contribution in [0.15, 0.2) is 44.6 Å². The van der Waals surface area contributed by atoms with Gasteiger partial charge in [0.25, 0.3) is 5.89 Å². The number of rotatable bonds is 6. The number of anilines is 2. The fourth-order valence-electron chi connectivity index (χ4n) is 2.20. The van der Waals surface area contributed by atoms with Crippen molar-refractivity contribution in [2.75, 3.05) is 5.32 Å². The van der Waals surface area contributed by atoms with E-state index in [1.807, 2.05) is 23.6 Å². The maximum absolute atomic E-state index is 5.29. The molecule has 0 atom stereocenters. The molecular weight excluding hydrogens is 386 g/mol. The molecule has 0 unspecified atom stereocenters. The monoisotopic (exact) mass is 401 g/mol. The van der Waals surface area contributed by atoms with E-state index in [1.54, 1.807) is 23.1 Å². The molecular formula is C17H15N5OS3. The van der Waals surface area contributed by atoms with E-state index in [-0.39, 0.29) is 0 Å². The summed E-state index contributed by atoms with van der Waals surface area (Å²) in [4.78, 5) is 5.39. The van der Waals surface area contributed by atoms with Crippen LogP contribution in [0.2, 0.25) is 0 Å². The van der Waals surface area contributed by atoms with Gasteiger partial charge in [0.15, 0.2) is 10.2 Å². The zero-order valence-corrected chi connectivity index (χ0v) is 16.5. The maximum Gasteiger partial charge on any atom is 0.268 e. The number of hydrogen-bond acceptors (Lipinski definition) is 9. The third-order valence-corrected chi connectivity index (χ3v) is 6.52. The SMILES string of the molecule is Cc1ccc(Nc2nnc(SCc3noc(-c4cccs4)n3)s2)cc1C. The molecule has 0 fully saturated rings. The fraction of sp³-hybridized carbons (Fsp3) is 0.176. The third-order valence-electron chi connectivity index (χ3n) is 3.69. The van der Waals surface area contributed by atoms with Gasteiger partial charge in [0, 0.05) is 5.69 Å². The van der Waals surface area contributed by atoms with Crippen molar-refractivity contribution >= 4 is 45.3 Å². The Morgan fingerprint density at radius 1 is 1.15 bits per heavy atom. The minimum absolute atomic E-state index is 0.560. The van der Waals surface area contributed by atoms with Crippen LogP contribution in [-0.2, 0) is 5.75 Å². The predicted molar refractivity (Wildman–Crippen MR) is 106 cm³/mol. The molecule has 0 aliphatic heterocycles. The number of aryl methyl sites for hydroxylation is 2. The third kappa shape index (κ3) is 3.95. The lowest BCUT2D eigenvalue weighted by Gasteiger charge is -2.05. The highest BCUT2D eigenvalue weighted by Crippen LogP contribution is 2.30. The molecule has 4 rings (SSSR count). The molecule has 0 aliphatic carbocycles. The Bertz CT molecular complexity index is 1010. The second-order valence-electron chi connectivity index (χ2n) is 5.58. The van der Waals surface area contributed by atoms with Crippen LogP contribution >= 0.6 is 34.4 Å². The summed E-state index contributed by atoms with van der Waals surface area (Å²) in [5, 5.41) is 18.5. The first-order valence-electron chi connectivity index (χ1n) is 7.84. The maximum atomic E-state index is 5.29. The first kappa shape index (κ1) is 17.2. The van der Waals surface area contributed by atoms with E-state index >= 15 is 0 Å². The lowest BCUT2D eigenvalue weighted by molar-refractivity contribution is 0.426. The predicted octanol–water partition coefficient (Wildman–Crippen LogP) is 5.30. The van der Waals surface area contributed by atoms with Gasteiger partial charge in [0.2, 0.25) is 5.13 Å². The Balaban J connectivity index is 1.37. The van der Waals surface area contributed by atoms with Crippen LogP contribution in [-0.4, -0.2) is 20.3 Å². The number of thiophene rings is 1. The summed E-state index contributed by atoms with van der Waals surface area (Å²) < 4.78 is 6.15. The Morgan fingerprint density at radius 2 is 2.08 bits per heavy atom. The van der Waals surface area contributed by atoms with Crippen molar-refractivity contribution in [3.63, 3.8) is 0 Å². The zero-order valence-electron chi connectivity index (χ0n) is 14.1. The summed E-state index contributed by atoms with van der Waals surface area (Å²) in [7, 11) is 0. The second kappa shape index (κ2) is 7.56. The molecule has 1 N–H and O–H groups in total. The largest absolute Gasteiger partial charge is 0.333 e. The quantitative estimate of drug-likeness (QED) is 0.439. The van der Waals surface area contributed by atoms with Gasteiger partial charge in [-0.2, -0.15) is 4.98 Å². The highest BCUT2D eigenvalue weighted by atomic mass is 32.2. The molecule has 0 aliphatic rings. The average Bonchev–Trinajstić information content (AvgIpc) is 3.37. The summed E-state index contributed by atoms with van der Waals surface area (Å²) in [6.07, 6.45) is 0. The minimum Gasteiger partial charge on any atom is -0.333 e. The standard InChI is InChI=1S/C17H15N5OS3/c1-10-5-6-12(8-11(10)2)18-16-20-21-17(26-16)25-9-14-19-15(23-22-14)13-4-3-7-24-13/h3-8H,9H2,1-2H3,(H,18,20). The van der Waals surface area contributed by atoms with E-state index in [1.165, 1.54) is 22.5 Å². The number of hydrogen-bond donors (Lipinski definition) is 1. The van der Waals surface area contributed by atoms with Crippen LogP contribution in [0, 0.1) is 13.8 Å². The van der Waals surface area contributed by atoms with Gasteiger partial charge in [-0.3, -0.25) is 0 Å². The molecule has 0 spiro atoms. The van der Waals surface area contributed by atoms with Crippen molar-refractivity contribution in [2.24, 2.45) is 0 Å². The number of nitrogens with zero attached hydrogens (tertiary/aromatic N) is 4. The van der Waals surface area contributed by atoms with E-state index in [2.05, 4.69) is 51.6 Å². The molecule has 3 heterocycles. The Kier molecular flexibility index (Phi) is 5.00. The smallest absolute Gasteiger partial charge is 0.268 e. The molecule has 1 aromatic carbocycles. The van der Waals surface area contributed by atoms with Crippen molar-refractivity contribution in [1.29, 1.82) is 0 Å². The van der Waals surface area contributed by atoms with Gasteiger partial charge < -0.3 is 9.84 Å². The van der Waals surface area contributed by atoms with E-state index in [9.17, 15) is 0 Å². The average molecular weight is 402 g/mol. The van der Waals surface area contributed by atoms with Gasteiger partial charge in [-0.25, -0.2) is 0 Å². The molecule has 132 valence electrons. The Morgan fingerprint density at radius 3 is 2.88 bits per heavy atom. The van der Waals surface area contributed by atoms with Crippen molar-refractivity contribution < 1.29 is 4.52 Å². The van der Waals surface area contributed by atoms with Crippen molar-refractivity contribution in [1.82, 2.24) is 20.3 Å². The molecule has 0 bridgehead atoms. The molecule has 0 saturated carbocycles. The lowest BCUT2D eigenvalue weighted by Crippen LogP contribution is -1.91. The summed E-state index contributed by atoms with van der Waals surface area (Å²) in [5.41, 5.74) is 3.53. The topological polar surface area (TPSA) is 76.7 Å². The summed E-state index contributed by atoms with van der Waals surface area (Å²) in [5.74, 6) is 1.80. The minimum atomic E-state index is 0.560. The first-order chi connectivity index (χ1) is 12.7. The van der Waals surface area contributed by atoms with E-state index in [0.717, 1.165) is 20.0 Å². The van der Waals surface area contributed by atoms with Crippen LogP contribution in [0.25, 0.3) is 10.8 Å². The number of thioether (sulfide) groups is 1. The fourth-order valence-corrected chi connectivity index (χ4v) is 4.46. The van der Waals surface area contributed by atoms with Gasteiger partial charge in [0.05, 0.1) is 10.6 Å².